The largest absolute Gasteiger partial charge is 0.256 e. The Morgan fingerprint density at radius 2 is 1.67 bits per heavy atom. The van der Waals surface area contributed by atoms with Gasteiger partial charge in [-0.25, -0.2) is 0 Å². The fourth-order valence-electron chi connectivity index (χ4n) is 2.85. The Hall–Kier alpha value is -1.41. The monoisotopic (exact) mass is 297 g/mol. The molecule has 1 nitrogen and oxygen atoms in total. The van der Waals surface area contributed by atoms with Crippen LogP contribution in [0.5, 0.6) is 0 Å². The lowest BCUT2D eigenvalue weighted by molar-refractivity contribution is 0.646. The summed E-state index contributed by atoms with van der Waals surface area (Å²) >= 11 is 0. The molecule has 0 spiro atoms. The minimum Gasteiger partial charge on any atom is -0.256 e. The van der Waals surface area contributed by atoms with E-state index in [1.165, 1.54) is 21.9 Å². The predicted molar refractivity (Wildman–Crippen MR) is 95.9 cm³/mol. The van der Waals surface area contributed by atoms with E-state index in [9.17, 15) is 0 Å². The van der Waals surface area contributed by atoms with E-state index in [4.69, 9.17) is 4.98 Å². The highest BCUT2D eigenvalue weighted by atomic mass is 28.3. The number of aromatic nitrogens is 1. The first-order chi connectivity index (χ1) is 9.80. The second-order valence-corrected chi connectivity index (χ2v) is 12.4. The molecule has 1 aromatic heterocycles. The molecule has 0 aliphatic carbocycles. The SMILES string of the molecule is Cc1c(-c2ccccc2)ncc([Si](C)(C)C)c1CC(C)C. The molecule has 112 valence electrons. The van der Waals surface area contributed by atoms with Crippen molar-refractivity contribution in [2.24, 2.45) is 5.92 Å². The normalized spacial score (nSPS) is 12.0. The van der Waals surface area contributed by atoms with Crippen molar-refractivity contribution in [3.8, 4) is 11.3 Å². The molecule has 0 N–H and O–H groups in total. The standard InChI is InChI=1S/C19H27NSi/c1-14(2)12-17-15(3)19(16-10-8-7-9-11-16)20-13-18(17)21(4,5)6/h7-11,13-14H,12H2,1-6H3. The molecule has 2 aromatic rings. The van der Waals surface area contributed by atoms with E-state index in [0.717, 1.165) is 12.1 Å². The number of rotatable bonds is 4. The summed E-state index contributed by atoms with van der Waals surface area (Å²) in [7, 11) is -1.36. The van der Waals surface area contributed by atoms with Crippen LogP contribution < -0.4 is 5.19 Å². The Balaban J connectivity index is 2.62. The molecule has 1 heterocycles. The molecule has 0 fully saturated rings. The van der Waals surface area contributed by atoms with Crippen molar-refractivity contribution in [2.75, 3.05) is 0 Å². The zero-order valence-electron chi connectivity index (χ0n) is 14.2. The molecule has 0 saturated heterocycles. The first-order valence-corrected chi connectivity index (χ1v) is 11.3. The van der Waals surface area contributed by atoms with Gasteiger partial charge in [-0.3, -0.25) is 4.98 Å². The topological polar surface area (TPSA) is 12.9 Å². The van der Waals surface area contributed by atoms with Gasteiger partial charge in [0.2, 0.25) is 0 Å². The van der Waals surface area contributed by atoms with Gasteiger partial charge in [0.05, 0.1) is 13.8 Å². The summed E-state index contributed by atoms with van der Waals surface area (Å²) in [6.07, 6.45) is 3.30. The predicted octanol–water partition coefficient (Wildman–Crippen LogP) is 4.80. The van der Waals surface area contributed by atoms with E-state index in [1.807, 2.05) is 0 Å². The average Bonchev–Trinajstić information content (AvgIpc) is 2.40. The van der Waals surface area contributed by atoms with Gasteiger partial charge in [0.15, 0.2) is 0 Å². The van der Waals surface area contributed by atoms with Crippen LogP contribution in [0.2, 0.25) is 19.6 Å². The number of pyridine rings is 1. The Morgan fingerprint density at radius 3 is 2.19 bits per heavy atom. The third-order valence-electron chi connectivity index (χ3n) is 3.92. The van der Waals surface area contributed by atoms with Crippen LogP contribution in [0.15, 0.2) is 36.5 Å². The second-order valence-electron chi connectivity index (χ2n) is 7.34. The summed E-state index contributed by atoms with van der Waals surface area (Å²) in [5.41, 5.74) is 5.28. The first kappa shape index (κ1) is 16.0. The molecular weight excluding hydrogens is 270 g/mol. The quantitative estimate of drug-likeness (QED) is 0.739. The molecule has 0 radical (unpaired) electrons. The van der Waals surface area contributed by atoms with Crippen LogP contribution in [0, 0.1) is 12.8 Å². The minimum absolute atomic E-state index is 0.671. The Kier molecular flexibility index (Phi) is 4.67. The van der Waals surface area contributed by atoms with Gasteiger partial charge >= 0.3 is 0 Å². The van der Waals surface area contributed by atoms with Gasteiger partial charge in [-0.15, -0.1) is 0 Å². The van der Waals surface area contributed by atoms with E-state index in [1.54, 1.807) is 0 Å². The van der Waals surface area contributed by atoms with Gasteiger partial charge in [0.1, 0.15) is 0 Å². The maximum absolute atomic E-state index is 4.82. The highest BCUT2D eigenvalue weighted by Gasteiger charge is 2.23. The Morgan fingerprint density at radius 1 is 1.05 bits per heavy atom. The average molecular weight is 298 g/mol. The zero-order chi connectivity index (χ0) is 15.6. The summed E-state index contributed by atoms with van der Waals surface area (Å²) in [4.78, 5) is 4.82. The molecule has 0 atom stereocenters. The van der Waals surface area contributed by atoms with E-state index < -0.39 is 8.07 Å². The van der Waals surface area contributed by atoms with Crippen LogP contribution in [0.4, 0.5) is 0 Å². The smallest absolute Gasteiger partial charge is 0.0799 e. The van der Waals surface area contributed by atoms with E-state index in [2.05, 4.69) is 76.9 Å². The summed E-state index contributed by atoms with van der Waals surface area (Å²) in [6.45, 7) is 14.1. The Labute approximate surface area is 130 Å². The van der Waals surface area contributed by atoms with Gasteiger partial charge in [0.25, 0.3) is 0 Å². The first-order valence-electron chi connectivity index (χ1n) is 7.85. The summed E-state index contributed by atoms with van der Waals surface area (Å²) in [6, 6.07) is 10.5. The maximum atomic E-state index is 4.82. The number of hydrogen-bond donors (Lipinski definition) is 0. The van der Waals surface area contributed by atoms with Crippen LogP contribution in [0.1, 0.15) is 25.0 Å². The van der Waals surface area contributed by atoms with Crippen molar-refractivity contribution >= 4 is 13.3 Å². The van der Waals surface area contributed by atoms with Crippen LogP contribution in [-0.2, 0) is 6.42 Å². The molecular formula is C19H27NSi. The number of hydrogen-bond acceptors (Lipinski definition) is 1. The number of benzene rings is 1. The van der Waals surface area contributed by atoms with Gasteiger partial charge < -0.3 is 0 Å². The highest BCUT2D eigenvalue weighted by molar-refractivity contribution is 6.89. The van der Waals surface area contributed by atoms with Crippen LogP contribution in [-0.4, -0.2) is 13.1 Å². The summed E-state index contributed by atoms with van der Waals surface area (Å²) < 4.78 is 0. The van der Waals surface area contributed by atoms with E-state index in [-0.39, 0.29) is 0 Å². The lowest BCUT2D eigenvalue weighted by Gasteiger charge is -2.24. The maximum Gasteiger partial charge on any atom is 0.0799 e. The van der Waals surface area contributed by atoms with Crippen LogP contribution >= 0.6 is 0 Å². The third-order valence-corrected chi connectivity index (χ3v) is 5.97. The number of nitrogens with zero attached hydrogens (tertiary/aromatic N) is 1. The lowest BCUT2D eigenvalue weighted by Crippen LogP contribution is -2.41. The van der Waals surface area contributed by atoms with Crippen LogP contribution in [0.25, 0.3) is 11.3 Å². The van der Waals surface area contributed by atoms with E-state index >= 15 is 0 Å². The van der Waals surface area contributed by atoms with Crippen molar-refractivity contribution < 1.29 is 0 Å². The molecule has 0 aliphatic heterocycles. The minimum atomic E-state index is -1.36. The second kappa shape index (κ2) is 6.14. The highest BCUT2D eigenvalue weighted by Crippen LogP contribution is 2.25. The van der Waals surface area contributed by atoms with Crippen molar-refractivity contribution in [1.82, 2.24) is 4.98 Å². The van der Waals surface area contributed by atoms with Crippen molar-refractivity contribution in [2.45, 2.75) is 46.8 Å². The van der Waals surface area contributed by atoms with Gasteiger partial charge in [-0.05, 0) is 35.6 Å². The molecule has 0 bridgehead atoms. The molecule has 0 amide bonds. The van der Waals surface area contributed by atoms with Crippen molar-refractivity contribution in [1.29, 1.82) is 0 Å². The fraction of sp³-hybridized carbons (Fsp3) is 0.421. The van der Waals surface area contributed by atoms with Crippen molar-refractivity contribution in [3.05, 3.63) is 47.7 Å². The summed E-state index contributed by atoms with van der Waals surface area (Å²) in [5.74, 6) is 0.671. The molecule has 0 aliphatic rings. The molecule has 2 rings (SSSR count). The lowest BCUT2D eigenvalue weighted by atomic mass is 9.96. The Bertz CT molecular complexity index is 609. The molecule has 0 saturated carbocycles. The van der Waals surface area contributed by atoms with Crippen LogP contribution in [0.3, 0.4) is 0 Å². The summed E-state index contributed by atoms with van der Waals surface area (Å²) in [5, 5.41) is 1.52. The fourth-order valence-corrected chi connectivity index (χ4v) is 4.50. The van der Waals surface area contributed by atoms with E-state index in [0.29, 0.717) is 5.92 Å². The zero-order valence-corrected chi connectivity index (χ0v) is 15.2. The molecule has 2 heteroatoms. The van der Waals surface area contributed by atoms with Gasteiger partial charge in [-0.1, -0.05) is 63.8 Å². The third kappa shape index (κ3) is 3.62. The van der Waals surface area contributed by atoms with Crippen molar-refractivity contribution in [3.63, 3.8) is 0 Å². The molecule has 1 aromatic carbocycles. The molecule has 0 unspecified atom stereocenters. The molecule has 21 heavy (non-hydrogen) atoms. The van der Waals surface area contributed by atoms with Gasteiger partial charge in [0, 0.05) is 11.8 Å². The van der Waals surface area contributed by atoms with Gasteiger partial charge in [-0.2, -0.15) is 0 Å².